The molecule has 1 amide bonds. The van der Waals surface area contributed by atoms with Gasteiger partial charge in [-0.15, -0.1) is 6.42 Å². The predicted molar refractivity (Wildman–Crippen MR) is 68.8 cm³/mol. The lowest BCUT2D eigenvalue weighted by molar-refractivity contribution is 0.0942. The normalized spacial score (nSPS) is 9.78. The first-order chi connectivity index (χ1) is 8.72. The molecule has 0 aliphatic rings. The molecule has 0 spiro atoms. The highest BCUT2D eigenvalue weighted by Crippen LogP contribution is 2.03. The van der Waals surface area contributed by atoms with E-state index in [2.05, 4.69) is 16.2 Å². The Labute approximate surface area is 106 Å². The van der Waals surface area contributed by atoms with Crippen LogP contribution >= 0.6 is 0 Å². The van der Waals surface area contributed by atoms with Crippen molar-refractivity contribution in [1.82, 2.24) is 14.9 Å². The van der Waals surface area contributed by atoms with Crippen molar-refractivity contribution in [1.29, 1.82) is 0 Å². The van der Waals surface area contributed by atoms with E-state index < -0.39 is 0 Å². The Morgan fingerprint density at radius 2 is 2.17 bits per heavy atom. The number of imidazole rings is 1. The van der Waals surface area contributed by atoms with E-state index in [9.17, 15) is 4.79 Å². The molecular formula is C14H13N3O. The quantitative estimate of drug-likeness (QED) is 0.821. The van der Waals surface area contributed by atoms with Crippen LogP contribution in [-0.2, 0) is 13.6 Å². The van der Waals surface area contributed by atoms with Gasteiger partial charge in [-0.3, -0.25) is 4.79 Å². The zero-order valence-electron chi connectivity index (χ0n) is 10.1. The second kappa shape index (κ2) is 5.19. The summed E-state index contributed by atoms with van der Waals surface area (Å²) in [7, 11) is 1.72. The van der Waals surface area contributed by atoms with Crippen LogP contribution in [0.1, 0.15) is 21.9 Å². The third kappa shape index (κ3) is 2.41. The molecule has 4 nitrogen and oxygen atoms in total. The molecule has 0 saturated carbocycles. The van der Waals surface area contributed by atoms with Gasteiger partial charge in [0.2, 0.25) is 0 Å². The van der Waals surface area contributed by atoms with Crippen LogP contribution in [0.3, 0.4) is 0 Å². The lowest BCUT2D eigenvalue weighted by Crippen LogP contribution is -2.25. The summed E-state index contributed by atoms with van der Waals surface area (Å²) in [5.41, 5.74) is 1.50. The summed E-state index contributed by atoms with van der Waals surface area (Å²) in [5.74, 6) is 2.68. The number of nitrogens with one attached hydrogen (secondary N) is 1. The van der Waals surface area contributed by atoms with Crippen LogP contribution in [0, 0.1) is 12.3 Å². The van der Waals surface area contributed by atoms with Gasteiger partial charge in [-0.1, -0.05) is 30.3 Å². The second-order valence-corrected chi connectivity index (χ2v) is 3.84. The fourth-order valence-corrected chi connectivity index (χ4v) is 1.62. The molecule has 90 valence electrons. The average Bonchev–Trinajstić information content (AvgIpc) is 2.78. The molecule has 0 aliphatic carbocycles. The zero-order valence-corrected chi connectivity index (χ0v) is 10.1. The van der Waals surface area contributed by atoms with Crippen molar-refractivity contribution in [2.75, 3.05) is 0 Å². The first kappa shape index (κ1) is 11.9. The Balaban J connectivity index is 2.05. The molecule has 1 aromatic carbocycles. The fraction of sp³-hybridized carbons (Fsp3) is 0.143. The molecule has 0 atom stereocenters. The van der Waals surface area contributed by atoms with E-state index in [1.807, 2.05) is 30.3 Å². The number of aromatic nitrogens is 2. The van der Waals surface area contributed by atoms with Crippen molar-refractivity contribution in [2.45, 2.75) is 6.54 Å². The molecule has 18 heavy (non-hydrogen) atoms. The minimum atomic E-state index is -0.185. The zero-order chi connectivity index (χ0) is 13.0. The maximum atomic E-state index is 11.9. The monoisotopic (exact) mass is 239 g/mol. The maximum absolute atomic E-state index is 11.9. The van der Waals surface area contributed by atoms with Crippen LogP contribution in [0.25, 0.3) is 0 Å². The standard InChI is InChI=1S/C14H13N3O/c1-3-13-15-10-12(17(13)2)14(18)16-9-11-7-5-4-6-8-11/h1,4-8,10H,9H2,2H3,(H,16,18). The van der Waals surface area contributed by atoms with Crippen LogP contribution in [0.5, 0.6) is 0 Å². The van der Waals surface area contributed by atoms with Crippen molar-refractivity contribution in [3.05, 3.63) is 53.6 Å². The molecule has 4 heteroatoms. The Hall–Kier alpha value is -2.54. The number of rotatable bonds is 3. The lowest BCUT2D eigenvalue weighted by atomic mass is 10.2. The summed E-state index contributed by atoms with van der Waals surface area (Å²) >= 11 is 0. The number of terminal acetylenes is 1. The van der Waals surface area contributed by atoms with Crippen LogP contribution in [0.2, 0.25) is 0 Å². The van der Waals surface area contributed by atoms with Crippen LogP contribution in [-0.4, -0.2) is 15.5 Å². The molecule has 2 aromatic rings. The van der Waals surface area contributed by atoms with Crippen molar-refractivity contribution < 1.29 is 4.79 Å². The number of nitrogens with zero attached hydrogens (tertiary/aromatic N) is 2. The Kier molecular flexibility index (Phi) is 3.44. The van der Waals surface area contributed by atoms with E-state index in [-0.39, 0.29) is 5.91 Å². The molecule has 0 bridgehead atoms. The summed E-state index contributed by atoms with van der Waals surface area (Å²) < 4.78 is 1.60. The summed E-state index contributed by atoms with van der Waals surface area (Å²) in [6, 6.07) is 9.71. The summed E-state index contributed by atoms with van der Waals surface area (Å²) in [6.45, 7) is 0.482. The van der Waals surface area contributed by atoms with Crippen molar-refractivity contribution in [3.8, 4) is 12.3 Å². The molecule has 0 fully saturated rings. The predicted octanol–water partition coefficient (Wildman–Crippen LogP) is 1.33. The molecule has 0 unspecified atom stereocenters. The fourth-order valence-electron chi connectivity index (χ4n) is 1.62. The smallest absolute Gasteiger partial charge is 0.269 e. The summed E-state index contributed by atoms with van der Waals surface area (Å²) in [4.78, 5) is 15.9. The molecule has 0 radical (unpaired) electrons. The molecule has 0 saturated heterocycles. The lowest BCUT2D eigenvalue weighted by Gasteiger charge is -2.05. The minimum Gasteiger partial charge on any atom is -0.347 e. The maximum Gasteiger partial charge on any atom is 0.269 e. The Morgan fingerprint density at radius 1 is 1.44 bits per heavy atom. The largest absolute Gasteiger partial charge is 0.347 e. The van der Waals surface area contributed by atoms with Crippen molar-refractivity contribution in [3.63, 3.8) is 0 Å². The molecule has 1 N–H and O–H groups in total. The first-order valence-corrected chi connectivity index (χ1v) is 5.53. The van der Waals surface area contributed by atoms with Gasteiger partial charge >= 0.3 is 0 Å². The van der Waals surface area contributed by atoms with E-state index in [1.165, 1.54) is 6.20 Å². The third-order valence-electron chi connectivity index (χ3n) is 2.65. The highest BCUT2D eigenvalue weighted by atomic mass is 16.1. The molecule has 1 aromatic heterocycles. The molecule has 1 heterocycles. The van der Waals surface area contributed by atoms with E-state index >= 15 is 0 Å². The van der Waals surface area contributed by atoms with Gasteiger partial charge in [-0.25, -0.2) is 4.98 Å². The molecular weight excluding hydrogens is 226 g/mol. The van der Waals surface area contributed by atoms with Crippen molar-refractivity contribution >= 4 is 5.91 Å². The summed E-state index contributed by atoms with van der Waals surface area (Å²) in [5, 5.41) is 2.83. The van der Waals surface area contributed by atoms with Crippen LogP contribution in [0.15, 0.2) is 36.5 Å². The highest BCUT2D eigenvalue weighted by Gasteiger charge is 2.12. The number of hydrogen-bond acceptors (Lipinski definition) is 2. The first-order valence-electron chi connectivity index (χ1n) is 5.53. The number of carbonyl (C=O) groups is 1. The average molecular weight is 239 g/mol. The van der Waals surface area contributed by atoms with E-state index in [0.29, 0.717) is 18.1 Å². The van der Waals surface area contributed by atoms with Gasteiger partial charge in [-0.05, 0) is 11.5 Å². The van der Waals surface area contributed by atoms with Gasteiger partial charge in [0.15, 0.2) is 5.82 Å². The number of hydrogen-bond donors (Lipinski definition) is 1. The van der Waals surface area contributed by atoms with Gasteiger partial charge in [0.1, 0.15) is 5.69 Å². The summed E-state index contributed by atoms with van der Waals surface area (Å²) in [6.07, 6.45) is 6.75. The highest BCUT2D eigenvalue weighted by molar-refractivity contribution is 5.92. The number of benzene rings is 1. The molecule has 0 aliphatic heterocycles. The minimum absolute atomic E-state index is 0.185. The second-order valence-electron chi connectivity index (χ2n) is 3.84. The van der Waals surface area contributed by atoms with Gasteiger partial charge in [-0.2, -0.15) is 0 Å². The van der Waals surface area contributed by atoms with Gasteiger partial charge in [0.05, 0.1) is 6.20 Å². The van der Waals surface area contributed by atoms with E-state index in [1.54, 1.807) is 11.6 Å². The molecule has 2 rings (SSSR count). The third-order valence-corrected chi connectivity index (χ3v) is 2.65. The van der Waals surface area contributed by atoms with E-state index in [0.717, 1.165) is 5.56 Å². The van der Waals surface area contributed by atoms with Crippen LogP contribution in [0.4, 0.5) is 0 Å². The van der Waals surface area contributed by atoms with Crippen LogP contribution < -0.4 is 5.32 Å². The van der Waals surface area contributed by atoms with Gasteiger partial charge < -0.3 is 9.88 Å². The van der Waals surface area contributed by atoms with E-state index in [4.69, 9.17) is 6.42 Å². The van der Waals surface area contributed by atoms with Gasteiger partial charge in [0, 0.05) is 13.6 Å². The Bertz CT molecular complexity index is 593. The number of amides is 1. The van der Waals surface area contributed by atoms with Crippen molar-refractivity contribution in [2.24, 2.45) is 7.05 Å². The Morgan fingerprint density at radius 3 is 2.78 bits per heavy atom. The topological polar surface area (TPSA) is 46.9 Å². The number of carbonyl (C=O) groups excluding carboxylic acids is 1. The van der Waals surface area contributed by atoms with Gasteiger partial charge in [0.25, 0.3) is 5.91 Å². The SMILES string of the molecule is C#Cc1ncc(C(=O)NCc2ccccc2)n1C.